The van der Waals surface area contributed by atoms with Crippen molar-refractivity contribution >= 4 is 11.6 Å². The number of carbonyl (C=O) groups is 1. The van der Waals surface area contributed by atoms with E-state index in [1.54, 1.807) is 6.20 Å². The molecule has 128 valence electrons. The molecule has 2 heterocycles. The molecule has 1 unspecified atom stereocenters. The summed E-state index contributed by atoms with van der Waals surface area (Å²) in [4.78, 5) is 12.1. The molecule has 1 aromatic carbocycles. The fourth-order valence-corrected chi connectivity index (χ4v) is 2.70. The highest BCUT2D eigenvalue weighted by molar-refractivity contribution is 5.90. The highest BCUT2D eigenvalue weighted by Crippen LogP contribution is 2.37. The van der Waals surface area contributed by atoms with E-state index >= 15 is 0 Å². The Balaban J connectivity index is 1.51. The molecule has 1 N–H and O–H groups in total. The molecule has 1 aliphatic heterocycles. The summed E-state index contributed by atoms with van der Waals surface area (Å²) in [6.45, 7) is 2.07. The highest BCUT2D eigenvalue weighted by atomic mass is 16.1. The molecule has 0 radical (unpaired) electrons. The van der Waals surface area contributed by atoms with Gasteiger partial charge in [0.15, 0.2) is 5.66 Å². The van der Waals surface area contributed by atoms with E-state index in [-0.39, 0.29) is 11.9 Å². The van der Waals surface area contributed by atoms with Gasteiger partial charge in [-0.05, 0) is 12.5 Å². The molecule has 2 aromatic rings. The Labute approximate surface area is 147 Å². The maximum absolute atomic E-state index is 12.1. The van der Waals surface area contributed by atoms with Gasteiger partial charge in [-0.1, -0.05) is 30.3 Å². The summed E-state index contributed by atoms with van der Waals surface area (Å²) in [7, 11) is 0. The van der Waals surface area contributed by atoms with Crippen molar-refractivity contribution in [1.82, 2.24) is 9.78 Å². The van der Waals surface area contributed by atoms with Crippen LogP contribution in [0.3, 0.4) is 0 Å². The first kappa shape index (κ1) is 16.9. The summed E-state index contributed by atoms with van der Waals surface area (Å²) >= 11 is 0. The molecule has 0 saturated heterocycles. The standard InChI is InChI=1S/C19H21N5O/c1-3-4-11-19(22-23-19)12-10-18(25)21-17-13-20-24(14-17)15(2)16-8-6-5-7-9-16/h1,5-9,13-15H,4,10-12H2,2H3,(H,21,25). The Morgan fingerprint density at radius 2 is 2.08 bits per heavy atom. The van der Waals surface area contributed by atoms with Crippen LogP contribution in [0.2, 0.25) is 0 Å². The first-order chi connectivity index (χ1) is 12.1. The Hall–Kier alpha value is -2.94. The van der Waals surface area contributed by atoms with E-state index in [2.05, 4.69) is 45.6 Å². The second-order valence-electron chi connectivity index (χ2n) is 6.23. The van der Waals surface area contributed by atoms with E-state index in [1.165, 1.54) is 0 Å². The first-order valence-corrected chi connectivity index (χ1v) is 8.38. The molecule has 0 spiro atoms. The molecule has 25 heavy (non-hydrogen) atoms. The molecule has 6 heteroatoms. The minimum absolute atomic E-state index is 0.0655. The van der Waals surface area contributed by atoms with Gasteiger partial charge in [0.2, 0.25) is 5.91 Å². The lowest BCUT2D eigenvalue weighted by molar-refractivity contribution is -0.116. The second kappa shape index (κ2) is 7.31. The average molecular weight is 335 g/mol. The Bertz CT molecular complexity index is 797. The molecular weight excluding hydrogens is 314 g/mol. The summed E-state index contributed by atoms with van der Waals surface area (Å²) in [5, 5.41) is 15.3. The Morgan fingerprint density at radius 1 is 1.32 bits per heavy atom. The fraction of sp³-hybridized carbons (Fsp3) is 0.368. The molecule has 0 aliphatic carbocycles. The molecule has 6 nitrogen and oxygen atoms in total. The van der Waals surface area contributed by atoms with Crippen LogP contribution < -0.4 is 5.32 Å². The number of hydrogen-bond donors (Lipinski definition) is 1. The molecule has 1 atom stereocenters. The van der Waals surface area contributed by atoms with Crippen LogP contribution in [0.1, 0.15) is 44.2 Å². The number of carbonyl (C=O) groups excluding carboxylic acids is 1. The summed E-state index contributed by atoms with van der Waals surface area (Å²) in [6.07, 6.45) is 11.1. The number of hydrogen-bond acceptors (Lipinski definition) is 4. The van der Waals surface area contributed by atoms with Gasteiger partial charge in [-0.3, -0.25) is 9.48 Å². The van der Waals surface area contributed by atoms with E-state index < -0.39 is 5.66 Å². The number of nitrogens with one attached hydrogen (secondary N) is 1. The minimum Gasteiger partial charge on any atom is -0.323 e. The van der Waals surface area contributed by atoms with Crippen LogP contribution in [-0.2, 0) is 4.79 Å². The van der Waals surface area contributed by atoms with Gasteiger partial charge < -0.3 is 5.32 Å². The number of anilines is 1. The molecule has 0 saturated carbocycles. The van der Waals surface area contributed by atoms with Crippen LogP contribution in [0.15, 0.2) is 53.0 Å². The number of amides is 1. The van der Waals surface area contributed by atoms with Gasteiger partial charge >= 0.3 is 0 Å². The Kier molecular flexibility index (Phi) is 4.94. The second-order valence-corrected chi connectivity index (χ2v) is 6.23. The van der Waals surface area contributed by atoms with Crippen LogP contribution in [-0.4, -0.2) is 21.4 Å². The van der Waals surface area contributed by atoms with Crippen LogP contribution in [0.25, 0.3) is 0 Å². The number of aromatic nitrogens is 2. The van der Waals surface area contributed by atoms with Crippen molar-refractivity contribution in [2.45, 2.75) is 44.3 Å². The van der Waals surface area contributed by atoms with Crippen LogP contribution in [0, 0.1) is 12.3 Å². The predicted molar refractivity (Wildman–Crippen MR) is 96.0 cm³/mol. The first-order valence-electron chi connectivity index (χ1n) is 8.38. The molecule has 1 amide bonds. The SMILES string of the molecule is C#CCCC1(CCC(=O)Nc2cnn(C(C)c3ccccc3)c2)N=N1. The highest BCUT2D eigenvalue weighted by Gasteiger charge is 2.39. The van der Waals surface area contributed by atoms with Crippen LogP contribution >= 0.6 is 0 Å². The molecule has 0 bridgehead atoms. The third-order valence-corrected chi connectivity index (χ3v) is 4.37. The normalized spacial score (nSPS) is 15.4. The lowest BCUT2D eigenvalue weighted by Gasteiger charge is -2.12. The van der Waals surface area contributed by atoms with Crippen molar-refractivity contribution in [3.63, 3.8) is 0 Å². The maximum atomic E-state index is 12.1. The molecule has 0 fully saturated rings. The molecule has 3 rings (SSSR count). The monoisotopic (exact) mass is 335 g/mol. The van der Waals surface area contributed by atoms with E-state index in [1.807, 2.05) is 29.1 Å². The number of terminal acetylenes is 1. The van der Waals surface area contributed by atoms with Crippen LogP contribution in [0.5, 0.6) is 0 Å². The fourth-order valence-electron chi connectivity index (χ4n) is 2.70. The average Bonchev–Trinajstić information content (AvgIpc) is 3.27. The smallest absolute Gasteiger partial charge is 0.224 e. The third kappa shape index (κ3) is 4.32. The van der Waals surface area contributed by atoms with Crippen molar-refractivity contribution in [1.29, 1.82) is 0 Å². The Morgan fingerprint density at radius 3 is 2.76 bits per heavy atom. The number of rotatable bonds is 8. The topological polar surface area (TPSA) is 71.6 Å². The van der Waals surface area contributed by atoms with Crippen molar-refractivity contribution < 1.29 is 4.79 Å². The molecular formula is C19H21N5O. The summed E-state index contributed by atoms with van der Waals surface area (Å²) < 4.78 is 1.84. The van der Waals surface area contributed by atoms with E-state index in [9.17, 15) is 4.79 Å². The van der Waals surface area contributed by atoms with Crippen LogP contribution in [0.4, 0.5) is 5.69 Å². The minimum atomic E-state index is -0.421. The van der Waals surface area contributed by atoms with Gasteiger partial charge in [-0.15, -0.1) is 12.3 Å². The van der Waals surface area contributed by atoms with Gasteiger partial charge in [0.05, 0.1) is 17.9 Å². The summed E-state index contributed by atoms with van der Waals surface area (Å²) in [6, 6.07) is 10.2. The van der Waals surface area contributed by atoms with Crippen molar-refractivity contribution in [3.8, 4) is 12.3 Å². The summed E-state index contributed by atoms with van der Waals surface area (Å²) in [5.74, 6) is 2.52. The van der Waals surface area contributed by atoms with Gasteiger partial charge in [-0.2, -0.15) is 15.3 Å². The van der Waals surface area contributed by atoms with Crippen molar-refractivity contribution in [2.75, 3.05) is 5.32 Å². The summed E-state index contributed by atoms with van der Waals surface area (Å²) in [5.41, 5.74) is 1.43. The lowest BCUT2D eigenvalue weighted by Crippen LogP contribution is -2.17. The maximum Gasteiger partial charge on any atom is 0.224 e. The molecule has 1 aromatic heterocycles. The van der Waals surface area contributed by atoms with Crippen molar-refractivity contribution in [3.05, 3.63) is 48.3 Å². The van der Waals surface area contributed by atoms with Gasteiger partial charge in [0.1, 0.15) is 0 Å². The zero-order valence-electron chi connectivity index (χ0n) is 14.2. The van der Waals surface area contributed by atoms with Gasteiger partial charge in [-0.25, -0.2) is 0 Å². The van der Waals surface area contributed by atoms with Crippen molar-refractivity contribution in [2.24, 2.45) is 10.2 Å². The van der Waals surface area contributed by atoms with E-state index in [4.69, 9.17) is 6.42 Å². The zero-order valence-corrected chi connectivity index (χ0v) is 14.2. The quantitative estimate of drug-likeness (QED) is 0.746. The zero-order chi connectivity index (χ0) is 17.7. The van der Waals surface area contributed by atoms with E-state index in [0.29, 0.717) is 31.4 Å². The molecule has 1 aliphatic rings. The third-order valence-electron chi connectivity index (χ3n) is 4.37. The predicted octanol–water partition coefficient (Wildman–Crippen LogP) is 3.79. The largest absolute Gasteiger partial charge is 0.323 e. The van der Waals surface area contributed by atoms with Gasteiger partial charge in [0, 0.05) is 31.9 Å². The van der Waals surface area contributed by atoms with Gasteiger partial charge in [0.25, 0.3) is 0 Å². The lowest BCUT2D eigenvalue weighted by atomic mass is 10.0. The number of nitrogens with zero attached hydrogens (tertiary/aromatic N) is 4. The number of benzene rings is 1. The van der Waals surface area contributed by atoms with E-state index in [0.717, 1.165) is 5.56 Å².